The number of hydrogen-bond donors (Lipinski definition) is 1. The van der Waals surface area contributed by atoms with Gasteiger partial charge in [-0.25, -0.2) is 13.4 Å². The predicted molar refractivity (Wildman–Crippen MR) is 115 cm³/mol. The molecule has 1 aliphatic rings. The highest BCUT2D eigenvalue weighted by Crippen LogP contribution is 2.26. The van der Waals surface area contributed by atoms with E-state index < -0.39 is 10.0 Å². The lowest BCUT2D eigenvalue weighted by molar-refractivity contribution is -0.120. The van der Waals surface area contributed by atoms with Crippen LogP contribution in [0.4, 0.5) is 0 Å². The van der Waals surface area contributed by atoms with E-state index in [-0.39, 0.29) is 12.3 Å². The van der Waals surface area contributed by atoms with Gasteiger partial charge in [0.25, 0.3) is 0 Å². The van der Waals surface area contributed by atoms with E-state index in [0.717, 1.165) is 23.3 Å². The van der Waals surface area contributed by atoms with Crippen molar-refractivity contribution in [2.24, 2.45) is 0 Å². The summed E-state index contributed by atoms with van der Waals surface area (Å²) in [5.74, 6) is 0.989. The molecule has 1 fully saturated rings. The van der Waals surface area contributed by atoms with Crippen LogP contribution in [0.1, 0.15) is 29.9 Å². The van der Waals surface area contributed by atoms with Crippen molar-refractivity contribution in [3.63, 3.8) is 0 Å². The Morgan fingerprint density at radius 3 is 2.60 bits per heavy atom. The van der Waals surface area contributed by atoms with Crippen LogP contribution in [0.15, 0.2) is 51.1 Å². The summed E-state index contributed by atoms with van der Waals surface area (Å²) >= 11 is 1.53. The fraction of sp³-hybridized carbons (Fsp3) is 0.333. The fourth-order valence-electron chi connectivity index (χ4n) is 3.37. The molecule has 2 aromatic heterocycles. The van der Waals surface area contributed by atoms with E-state index in [1.165, 1.54) is 15.6 Å². The summed E-state index contributed by atoms with van der Waals surface area (Å²) in [6.07, 6.45) is 1.94. The van der Waals surface area contributed by atoms with Gasteiger partial charge in [0, 0.05) is 19.6 Å². The predicted octanol–water partition coefficient (Wildman–Crippen LogP) is 3.35. The van der Waals surface area contributed by atoms with Gasteiger partial charge in [-0.05, 0) is 48.9 Å². The number of aryl methyl sites for hydroxylation is 1. The lowest BCUT2D eigenvalue weighted by Gasteiger charge is -2.15. The average molecular weight is 446 g/mol. The summed E-state index contributed by atoms with van der Waals surface area (Å²) in [6.45, 7) is 3.27. The van der Waals surface area contributed by atoms with Gasteiger partial charge in [0.2, 0.25) is 21.8 Å². The third kappa shape index (κ3) is 4.48. The topological polar surface area (TPSA) is 92.5 Å². The molecule has 0 saturated carbocycles. The molecule has 0 bridgehead atoms. The van der Waals surface area contributed by atoms with E-state index in [1.54, 1.807) is 31.2 Å². The van der Waals surface area contributed by atoms with Crippen LogP contribution in [0, 0.1) is 6.92 Å². The van der Waals surface area contributed by atoms with E-state index in [1.807, 2.05) is 17.5 Å². The monoisotopic (exact) mass is 445 g/mol. The molecule has 158 valence electrons. The first-order chi connectivity index (χ1) is 14.4. The zero-order valence-electron chi connectivity index (χ0n) is 16.6. The van der Waals surface area contributed by atoms with Gasteiger partial charge >= 0.3 is 0 Å². The summed E-state index contributed by atoms with van der Waals surface area (Å²) in [6, 6.07) is 10.5. The molecular weight excluding hydrogens is 422 g/mol. The first kappa shape index (κ1) is 20.8. The van der Waals surface area contributed by atoms with E-state index in [0.29, 0.717) is 41.9 Å². The fourth-order valence-corrected chi connectivity index (χ4v) is 5.54. The van der Waals surface area contributed by atoms with Crippen molar-refractivity contribution in [3.05, 3.63) is 58.8 Å². The van der Waals surface area contributed by atoms with Crippen molar-refractivity contribution in [3.8, 4) is 10.8 Å². The van der Waals surface area contributed by atoms with Crippen LogP contribution < -0.4 is 5.32 Å². The molecule has 1 saturated heterocycles. The van der Waals surface area contributed by atoms with Crippen LogP contribution in [0.3, 0.4) is 0 Å². The first-order valence-corrected chi connectivity index (χ1v) is 12.1. The molecule has 0 atom stereocenters. The zero-order chi connectivity index (χ0) is 21.1. The third-order valence-corrected chi connectivity index (χ3v) is 7.84. The van der Waals surface area contributed by atoms with Crippen molar-refractivity contribution < 1.29 is 17.6 Å². The van der Waals surface area contributed by atoms with Gasteiger partial charge in [-0.15, -0.1) is 11.3 Å². The maximum Gasteiger partial charge on any atom is 0.243 e. The van der Waals surface area contributed by atoms with Gasteiger partial charge in [-0.2, -0.15) is 4.31 Å². The molecular formula is C21H23N3O4S2. The lowest BCUT2D eigenvalue weighted by atomic mass is 10.2. The Balaban J connectivity index is 1.34. The number of rotatable bonds is 7. The second kappa shape index (κ2) is 8.71. The molecule has 1 aliphatic heterocycles. The number of carbonyl (C=O) groups excluding carboxylic acids is 1. The van der Waals surface area contributed by atoms with Gasteiger partial charge in [0.15, 0.2) is 0 Å². The number of nitrogens with one attached hydrogen (secondary N) is 1. The molecule has 0 radical (unpaired) electrons. The van der Waals surface area contributed by atoms with E-state index >= 15 is 0 Å². The SMILES string of the molecule is Cc1oc(-c2cccs2)nc1CC(=O)NCc1ccc(S(=O)(=O)N2CCCC2)cc1. The standard InChI is InChI=1S/C21H23N3O4S2/c1-15-18(23-21(28-15)19-5-4-12-29-19)13-20(25)22-14-16-6-8-17(9-7-16)30(26,27)24-10-2-3-11-24/h4-9,12H,2-3,10-11,13-14H2,1H3,(H,22,25). The Labute approximate surface area is 179 Å². The van der Waals surface area contributed by atoms with Gasteiger partial charge in [0.05, 0.1) is 21.9 Å². The van der Waals surface area contributed by atoms with Crippen LogP contribution in [-0.4, -0.2) is 36.7 Å². The Morgan fingerprint density at radius 2 is 1.93 bits per heavy atom. The van der Waals surface area contributed by atoms with Crippen LogP contribution >= 0.6 is 11.3 Å². The number of sulfonamides is 1. The normalized spacial score (nSPS) is 14.8. The Kier molecular flexibility index (Phi) is 6.03. The van der Waals surface area contributed by atoms with Gasteiger partial charge < -0.3 is 9.73 Å². The second-order valence-electron chi connectivity index (χ2n) is 7.21. The number of thiophene rings is 1. The molecule has 0 unspecified atom stereocenters. The number of hydrogen-bond acceptors (Lipinski definition) is 6. The molecule has 9 heteroatoms. The first-order valence-electron chi connectivity index (χ1n) is 9.79. The number of carbonyl (C=O) groups is 1. The quantitative estimate of drug-likeness (QED) is 0.602. The number of amides is 1. The maximum atomic E-state index is 12.6. The molecule has 3 heterocycles. The highest BCUT2D eigenvalue weighted by molar-refractivity contribution is 7.89. The van der Waals surface area contributed by atoms with Crippen LogP contribution in [-0.2, 0) is 27.8 Å². The van der Waals surface area contributed by atoms with E-state index in [4.69, 9.17) is 4.42 Å². The van der Waals surface area contributed by atoms with Gasteiger partial charge in [-0.1, -0.05) is 18.2 Å². The average Bonchev–Trinajstić information content (AvgIpc) is 3.49. The van der Waals surface area contributed by atoms with Crippen LogP contribution in [0.2, 0.25) is 0 Å². The van der Waals surface area contributed by atoms with Crippen molar-refractivity contribution in [1.29, 1.82) is 0 Å². The minimum absolute atomic E-state index is 0.127. The molecule has 7 nitrogen and oxygen atoms in total. The van der Waals surface area contributed by atoms with E-state index in [2.05, 4.69) is 10.3 Å². The summed E-state index contributed by atoms with van der Waals surface area (Å²) < 4.78 is 32.3. The van der Waals surface area contributed by atoms with Crippen LogP contribution in [0.5, 0.6) is 0 Å². The molecule has 1 N–H and O–H groups in total. The molecule has 0 aliphatic carbocycles. The molecule has 0 spiro atoms. The summed E-state index contributed by atoms with van der Waals surface area (Å²) in [5, 5.41) is 4.80. The Morgan fingerprint density at radius 1 is 1.20 bits per heavy atom. The smallest absolute Gasteiger partial charge is 0.243 e. The number of benzene rings is 1. The summed E-state index contributed by atoms with van der Waals surface area (Å²) in [7, 11) is -3.42. The van der Waals surface area contributed by atoms with Gasteiger partial charge in [0.1, 0.15) is 5.76 Å². The summed E-state index contributed by atoms with van der Waals surface area (Å²) in [4.78, 5) is 18.0. The van der Waals surface area contributed by atoms with Gasteiger partial charge in [-0.3, -0.25) is 4.79 Å². The Bertz CT molecular complexity index is 1110. The van der Waals surface area contributed by atoms with Crippen molar-refractivity contribution in [1.82, 2.24) is 14.6 Å². The minimum Gasteiger partial charge on any atom is -0.440 e. The summed E-state index contributed by atoms with van der Waals surface area (Å²) in [5.41, 5.74) is 1.45. The highest BCUT2D eigenvalue weighted by atomic mass is 32.2. The maximum absolute atomic E-state index is 12.6. The molecule has 3 aromatic rings. The minimum atomic E-state index is -3.42. The molecule has 1 amide bonds. The van der Waals surface area contributed by atoms with Crippen molar-refractivity contribution in [2.45, 2.75) is 37.6 Å². The molecule has 1 aromatic carbocycles. The van der Waals surface area contributed by atoms with Crippen molar-refractivity contribution in [2.75, 3.05) is 13.1 Å². The molecule has 30 heavy (non-hydrogen) atoms. The number of nitrogens with zero attached hydrogens (tertiary/aromatic N) is 2. The largest absolute Gasteiger partial charge is 0.440 e. The number of aromatic nitrogens is 1. The zero-order valence-corrected chi connectivity index (χ0v) is 18.3. The Hall–Kier alpha value is -2.49. The highest BCUT2D eigenvalue weighted by Gasteiger charge is 2.26. The van der Waals surface area contributed by atoms with Crippen molar-refractivity contribution >= 4 is 27.3 Å². The second-order valence-corrected chi connectivity index (χ2v) is 10.1. The van der Waals surface area contributed by atoms with E-state index in [9.17, 15) is 13.2 Å². The lowest BCUT2D eigenvalue weighted by Crippen LogP contribution is -2.28. The molecule has 4 rings (SSSR count). The third-order valence-electron chi connectivity index (χ3n) is 5.07. The van der Waals surface area contributed by atoms with Crippen LogP contribution in [0.25, 0.3) is 10.8 Å². The number of oxazole rings is 1.